The van der Waals surface area contributed by atoms with Crippen molar-refractivity contribution in [1.29, 1.82) is 0 Å². The number of fused-ring (bicyclic) bond motifs is 3. The molecule has 4 aliphatic carbocycles. The molecule has 0 aromatic heterocycles. The molecule has 0 spiro atoms. The molecular formula is C31H31NO7. The third-order valence-corrected chi connectivity index (χ3v) is 9.52. The van der Waals surface area contributed by atoms with Crippen LogP contribution in [0.5, 0.6) is 5.75 Å². The van der Waals surface area contributed by atoms with Gasteiger partial charge in [0.2, 0.25) is 5.91 Å². The number of carbonyl (C=O) groups excluding carboxylic acids is 5. The van der Waals surface area contributed by atoms with Crippen LogP contribution in [0.3, 0.4) is 0 Å². The van der Waals surface area contributed by atoms with Crippen LogP contribution >= 0.6 is 0 Å². The molecule has 39 heavy (non-hydrogen) atoms. The van der Waals surface area contributed by atoms with Crippen molar-refractivity contribution < 1.29 is 34.2 Å². The number of hydrogen-bond acceptors (Lipinski definition) is 7. The maximum Gasteiger partial charge on any atom is 0.235 e. The van der Waals surface area contributed by atoms with Crippen LogP contribution in [0.2, 0.25) is 0 Å². The molecule has 2 aromatic carbocycles. The zero-order valence-corrected chi connectivity index (χ0v) is 21.5. The predicted molar refractivity (Wildman–Crippen MR) is 140 cm³/mol. The molecule has 5 atom stereocenters. The van der Waals surface area contributed by atoms with E-state index in [1.54, 1.807) is 6.07 Å². The van der Waals surface area contributed by atoms with E-state index in [4.69, 9.17) is 5.73 Å². The molecule has 2 unspecified atom stereocenters. The molecule has 202 valence electrons. The van der Waals surface area contributed by atoms with Gasteiger partial charge >= 0.3 is 0 Å². The molecule has 8 nitrogen and oxygen atoms in total. The molecule has 4 N–H and O–H groups in total. The molecule has 4 aliphatic rings. The normalized spacial score (nSPS) is 30.6. The molecule has 0 radical (unpaired) electrons. The van der Waals surface area contributed by atoms with Gasteiger partial charge in [-0.2, -0.15) is 0 Å². The van der Waals surface area contributed by atoms with E-state index in [9.17, 15) is 34.2 Å². The Bertz CT molecular complexity index is 1440. The molecule has 0 bridgehead atoms. The highest BCUT2D eigenvalue weighted by atomic mass is 16.3. The van der Waals surface area contributed by atoms with E-state index in [1.807, 2.05) is 12.1 Å². The van der Waals surface area contributed by atoms with Crippen molar-refractivity contribution >= 4 is 29.0 Å². The van der Waals surface area contributed by atoms with E-state index >= 15 is 0 Å². The average Bonchev–Trinajstić information content (AvgIpc) is 3.39. The number of Topliss-reactive ketones (excluding diaryl/α,β-unsaturated/α-hetero) is 4. The third kappa shape index (κ3) is 3.87. The minimum absolute atomic E-state index is 0.0242. The lowest BCUT2D eigenvalue weighted by Gasteiger charge is -2.48. The van der Waals surface area contributed by atoms with Crippen molar-refractivity contribution in [3.63, 3.8) is 0 Å². The first-order chi connectivity index (χ1) is 18.6. The van der Waals surface area contributed by atoms with Crippen LogP contribution in [0, 0.1) is 29.6 Å². The standard InChI is InChI=1S/C31H31NO7/c32-30(38)26-23(34)14-19-12-18-13-21-20(17-7-3-6-16(11-17)10-15-4-1-2-5-15)8-9-22(33)25(21)27(35)24(18)28(36)31(19,39)29(26)37/h3,6-9,11,15,18-19,24,26,33,39H,1-2,4-5,10,12-14H2,(H2,32,38)/t18-,19+,24?,26?,31+/m1/s1. The molecule has 3 fully saturated rings. The Balaban J connectivity index is 1.39. The summed E-state index contributed by atoms with van der Waals surface area (Å²) in [6.07, 6.45) is 5.96. The molecule has 1 amide bonds. The molecular weight excluding hydrogens is 498 g/mol. The largest absolute Gasteiger partial charge is 0.507 e. The first-order valence-electron chi connectivity index (χ1n) is 13.7. The van der Waals surface area contributed by atoms with Crippen LogP contribution in [0.4, 0.5) is 0 Å². The van der Waals surface area contributed by atoms with Crippen LogP contribution in [-0.4, -0.2) is 44.9 Å². The SMILES string of the molecule is NC(=O)C1C(=O)C[C@@H]2C[C@@H]3Cc4c(-c5cccc(CC6CCCC6)c5)ccc(O)c4C(=O)C3C(=O)[C@]2(O)C1=O. The van der Waals surface area contributed by atoms with Gasteiger partial charge in [0, 0.05) is 12.3 Å². The van der Waals surface area contributed by atoms with E-state index in [-0.39, 0.29) is 30.6 Å². The number of benzene rings is 2. The van der Waals surface area contributed by atoms with Crippen molar-refractivity contribution in [1.82, 2.24) is 0 Å². The number of ketones is 4. The summed E-state index contributed by atoms with van der Waals surface area (Å²) in [4.78, 5) is 64.9. The summed E-state index contributed by atoms with van der Waals surface area (Å²) in [6, 6.07) is 11.4. The van der Waals surface area contributed by atoms with Crippen molar-refractivity contribution in [2.75, 3.05) is 0 Å². The van der Waals surface area contributed by atoms with Crippen molar-refractivity contribution in [2.45, 2.75) is 57.0 Å². The summed E-state index contributed by atoms with van der Waals surface area (Å²) >= 11 is 0. The Kier molecular flexibility index (Phi) is 6.06. The average molecular weight is 530 g/mol. The lowest BCUT2D eigenvalue weighted by atomic mass is 9.53. The number of aliphatic hydroxyl groups is 1. The first-order valence-corrected chi connectivity index (χ1v) is 13.7. The van der Waals surface area contributed by atoms with Gasteiger partial charge in [-0.3, -0.25) is 24.0 Å². The number of phenolic OH excluding ortho intramolecular Hbond substituents is 1. The molecule has 2 aromatic rings. The van der Waals surface area contributed by atoms with Gasteiger partial charge in [0.25, 0.3) is 0 Å². The van der Waals surface area contributed by atoms with Crippen LogP contribution < -0.4 is 5.73 Å². The maximum atomic E-state index is 13.8. The molecule has 3 saturated carbocycles. The summed E-state index contributed by atoms with van der Waals surface area (Å²) < 4.78 is 0. The second-order valence-corrected chi connectivity index (χ2v) is 11.8. The van der Waals surface area contributed by atoms with Gasteiger partial charge in [0.1, 0.15) is 5.75 Å². The fourth-order valence-corrected chi connectivity index (χ4v) is 7.65. The topological polar surface area (TPSA) is 152 Å². The number of aromatic hydroxyl groups is 1. The maximum absolute atomic E-state index is 13.8. The number of phenols is 1. The number of primary amides is 1. The van der Waals surface area contributed by atoms with Gasteiger partial charge in [-0.1, -0.05) is 56.0 Å². The summed E-state index contributed by atoms with van der Waals surface area (Å²) in [6.45, 7) is 0. The van der Waals surface area contributed by atoms with E-state index < -0.39 is 58.3 Å². The van der Waals surface area contributed by atoms with E-state index in [0.29, 0.717) is 11.5 Å². The molecule has 0 aliphatic heterocycles. The van der Waals surface area contributed by atoms with Crippen LogP contribution in [0.25, 0.3) is 11.1 Å². The summed E-state index contributed by atoms with van der Waals surface area (Å²) in [5.74, 6) is -9.30. The Labute approximate surface area is 225 Å². The van der Waals surface area contributed by atoms with Gasteiger partial charge in [0.05, 0.1) is 11.5 Å². The minimum atomic E-state index is -2.64. The summed E-state index contributed by atoms with van der Waals surface area (Å²) in [5, 5.41) is 22.1. The van der Waals surface area contributed by atoms with Crippen molar-refractivity contribution in [3.05, 3.63) is 53.1 Å². The summed E-state index contributed by atoms with van der Waals surface area (Å²) in [7, 11) is 0. The highest BCUT2D eigenvalue weighted by molar-refractivity contribution is 6.31. The monoisotopic (exact) mass is 529 g/mol. The second-order valence-electron chi connectivity index (χ2n) is 11.8. The van der Waals surface area contributed by atoms with Gasteiger partial charge in [-0.15, -0.1) is 0 Å². The Morgan fingerprint density at radius 2 is 1.74 bits per heavy atom. The Morgan fingerprint density at radius 1 is 1.00 bits per heavy atom. The zero-order chi connectivity index (χ0) is 27.6. The highest BCUT2D eigenvalue weighted by Gasteiger charge is 2.66. The third-order valence-electron chi connectivity index (χ3n) is 9.52. The fraction of sp³-hybridized carbons (Fsp3) is 0.452. The zero-order valence-electron chi connectivity index (χ0n) is 21.5. The Morgan fingerprint density at radius 3 is 2.46 bits per heavy atom. The highest BCUT2D eigenvalue weighted by Crippen LogP contribution is 2.51. The van der Waals surface area contributed by atoms with E-state index in [2.05, 4.69) is 12.1 Å². The minimum Gasteiger partial charge on any atom is -0.507 e. The number of carbonyl (C=O) groups is 5. The van der Waals surface area contributed by atoms with E-state index in [0.717, 1.165) is 17.5 Å². The van der Waals surface area contributed by atoms with Gasteiger partial charge in [-0.05, 0) is 59.4 Å². The second kappa shape index (κ2) is 9.23. The number of amides is 1. The van der Waals surface area contributed by atoms with Crippen molar-refractivity contribution in [3.8, 4) is 16.9 Å². The van der Waals surface area contributed by atoms with Gasteiger partial charge in [0.15, 0.2) is 34.7 Å². The van der Waals surface area contributed by atoms with Crippen LogP contribution in [-0.2, 0) is 32.0 Å². The quantitative estimate of drug-likeness (QED) is 0.515. The molecule has 0 heterocycles. The fourth-order valence-electron chi connectivity index (χ4n) is 7.65. The number of hydrogen-bond donors (Lipinski definition) is 3. The number of rotatable bonds is 4. The van der Waals surface area contributed by atoms with Gasteiger partial charge in [-0.25, -0.2) is 0 Å². The molecule has 0 saturated heterocycles. The smallest absolute Gasteiger partial charge is 0.235 e. The van der Waals surface area contributed by atoms with Crippen LogP contribution in [0.15, 0.2) is 36.4 Å². The lowest BCUT2D eigenvalue weighted by Crippen LogP contribution is -2.68. The first kappa shape index (κ1) is 25.6. The summed E-state index contributed by atoms with van der Waals surface area (Å²) in [5.41, 5.74) is 6.17. The van der Waals surface area contributed by atoms with Gasteiger partial charge < -0.3 is 15.9 Å². The van der Waals surface area contributed by atoms with Crippen molar-refractivity contribution in [2.24, 2.45) is 35.3 Å². The Hall–Kier alpha value is -3.65. The van der Waals surface area contributed by atoms with E-state index in [1.165, 1.54) is 37.3 Å². The molecule has 8 heteroatoms. The predicted octanol–water partition coefficient (Wildman–Crippen LogP) is 2.73. The lowest BCUT2D eigenvalue weighted by molar-refractivity contribution is -0.175. The molecule has 6 rings (SSSR count). The van der Waals surface area contributed by atoms with Crippen LogP contribution in [0.1, 0.15) is 60.0 Å². The number of nitrogens with two attached hydrogens (primary N) is 1.